The fraction of sp³-hybridized carbons (Fsp3) is 0.333. The predicted octanol–water partition coefficient (Wildman–Crippen LogP) is 0.809. The van der Waals surface area contributed by atoms with E-state index >= 15 is 0 Å². The molecule has 5 nitrogen and oxygen atoms in total. The topological polar surface area (TPSA) is 70.9 Å². The minimum absolute atomic E-state index is 0.0126. The van der Waals surface area contributed by atoms with E-state index in [9.17, 15) is 4.79 Å². The Labute approximate surface area is 106 Å². The number of aryl methyl sites for hydroxylation is 1. The highest BCUT2D eigenvalue weighted by Crippen LogP contribution is 2.20. The predicted molar refractivity (Wildman–Crippen MR) is 69.7 cm³/mol. The summed E-state index contributed by atoms with van der Waals surface area (Å²) in [6, 6.07) is 1.98. The van der Waals surface area contributed by atoms with Gasteiger partial charge >= 0.3 is 6.92 Å². The van der Waals surface area contributed by atoms with Crippen LogP contribution in [-0.2, 0) is 11.3 Å². The molecule has 0 fully saturated rings. The van der Waals surface area contributed by atoms with Gasteiger partial charge in [0.25, 0.3) is 5.91 Å². The van der Waals surface area contributed by atoms with E-state index in [1.807, 2.05) is 26.7 Å². The molecule has 1 aromatic rings. The van der Waals surface area contributed by atoms with Crippen LogP contribution in [0.15, 0.2) is 11.2 Å². The number of amides is 1. The summed E-state index contributed by atoms with van der Waals surface area (Å²) in [6.07, 6.45) is 0.967. The van der Waals surface area contributed by atoms with Crippen molar-refractivity contribution in [1.29, 1.82) is 0 Å². The third-order valence-electron chi connectivity index (χ3n) is 3.29. The number of hydrogen-bond acceptors (Lipinski definition) is 4. The number of carbonyl (C=O) groups is 1. The maximum Gasteiger partial charge on any atom is 0.324 e. The third-order valence-corrected chi connectivity index (χ3v) is 3.29. The van der Waals surface area contributed by atoms with Crippen molar-refractivity contribution in [3.63, 3.8) is 0 Å². The summed E-state index contributed by atoms with van der Waals surface area (Å²) >= 11 is 0. The molecular weight excluding hydrogens is 231 g/mol. The van der Waals surface area contributed by atoms with Gasteiger partial charge in [-0.25, -0.2) is 0 Å². The molecule has 94 valence electrons. The maximum atomic E-state index is 12.0. The van der Waals surface area contributed by atoms with Crippen molar-refractivity contribution >= 4 is 24.6 Å². The lowest BCUT2D eigenvalue weighted by Gasteiger charge is -2.13. The highest BCUT2D eigenvalue weighted by molar-refractivity contribution is 6.68. The summed E-state index contributed by atoms with van der Waals surface area (Å²) in [5, 5.41) is 13.5. The molecule has 0 aliphatic carbocycles. The molecule has 1 aliphatic rings. The second-order valence-corrected chi connectivity index (χ2v) is 4.44. The van der Waals surface area contributed by atoms with E-state index in [-0.39, 0.29) is 12.8 Å². The van der Waals surface area contributed by atoms with Crippen LogP contribution in [0.2, 0.25) is 6.82 Å². The molecule has 1 aliphatic heterocycles. The number of benzene rings is 1. The molecule has 6 heteroatoms. The van der Waals surface area contributed by atoms with Gasteiger partial charge in [-0.15, -0.1) is 0 Å². The lowest BCUT2D eigenvalue weighted by Crippen LogP contribution is -2.32. The number of nitrogens with zero attached hydrogens (tertiary/aromatic N) is 1. The van der Waals surface area contributed by atoms with Crippen molar-refractivity contribution in [2.75, 3.05) is 0 Å². The van der Waals surface area contributed by atoms with E-state index in [1.54, 1.807) is 0 Å². The first-order valence-corrected chi connectivity index (χ1v) is 5.77. The van der Waals surface area contributed by atoms with Crippen LogP contribution in [0.25, 0.3) is 0 Å². The van der Waals surface area contributed by atoms with Crippen LogP contribution >= 0.6 is 0 Å². The Balaban J connectivity index is 2.49. The van der Waals surface area contributed by atoms with Crippen LogP contribution in [0.4, 0.5) is 0 Å². The SMILES string of the molecule is CB1OCc2cc(C)c(C(=O)NC=NO)c(C)c21. The quantitative estimate of drug-likeness (QED) is 0.266. The Morgan fingerprint density at radius 3 is 3.00 bits per heavy atom. The number of nitrogens with one attached hydrogen (secondary N) is 1. The van der Waals surface area contributed by atoms with Gasteiger partial charge in [0.05, 0.1) is 6.61 Å². The molecule has 1 amide bonds. The summed E-state index contributed by atoms with van der Waals surface area (Å²) < 4.78 is 5.58. The molecule has 1 aromatic carbocycles. The number of fused-ring (bicyclic) bond motifs is 1. The Morgan fingerprint density at radius 1 is 1.61 bits per heavy atom. The van der Waals surface area contributed by atoms with Crippen LogP contribution in [0, 0.1) is 13.8 Å². The van der Waals surface area contributed by atoms with Gasteiger partial charge in [-0.05, 0) is 36.0 Å². The van der Waals surface area contributed by atoms with Gasteiger partial charge in [0, 0.05) is 5.56 Å². The molecule has 0 aromatic heterocycles. The minimum Gasteiger partial charge on any atom is -0.427 e. The first kappa shape index (κ1) is 12.6. The molecule has 0 radical (unpaired) electrons. The van der Waals surface area contributed by atoms with E-state index < -0.39 is 0 Å². The highest BCUT2D eigenvalue weighted by atomic mass is 16.4. The number of rotatable bonds is 2. The van der Waals surface area contributed by atoms with Crippen LogP contribution in [0.3, 0.4) is 0 Å². The standard InChI is InChI=1S/C12H15BN2O3/c1-7-4-9-5-18-13(3)11(9)8(2)10(7)12(16)14-6-15-17/h4,6,17H,5H2,1-3H3,(H,14,15,16). The summed E-state index contributed by atoms with van der Waals surface area (Å²) in [7, 11) is 0. The Morgan fingerprint density at radius 2 is 2.33 bits per heavy atom. The minimum atomic E-state index is -0.273. The van der Waals surface area contributed by atoms with Crippen LogP contribution in [-0.4, -0.2) is 24.4 Å². The van der Waals surface area contributed by atoms with Gasteiger partial charge in [-0.2, -0.15) is 0 Å². The van der Waals surface area contributed by atoms with Crippen molar-refractivity contribution in [3.05, 3.63) is 28.3 Å². The average molecular weight is 246 g/mol. The van der Waals surface area contributed by atoms with E-state index in [0.29, 0.717) is 12.2 Å². The monoisotopic (exact) mass is 246 g/mol. The van der Waals surface area contributed by atoms with Crippen molar-refractivity contribution in [1.82, 2.24) is 5.32 Å². The molecule has 0 bridgehead atoms. The molecule has 0 saturated carbocycles. The first-order valence-electron chi connectivity index (χ1n) is 5.77. The Hall–Kier alpha value is -1.82. The van der Waals surface area contributed by atoms with E-state index in [0.717, 1.165) is 28.5 Å². The van der Waals surface area contributed by atoms with Gasteiger partial charge in [0.1, 0.15) is 6.34 Å². The summed E-state index contributed by atoms with van der Waals surface area (Å²) in [6.45, 7) is 6.39. The Kier molecular flexibility index (Phi) is 3.38. The molecule has 0 unspecified atom stereocenters. The largest absolute Gasteiger partial charge is 0.427 e. The van der Waals surface area contributed by atoms with Crippen molar-refractivity contribution in [2.24, 2.45) is 5.16 Å². The number of carbonyl (C=O) groups excluding carboxylic acids is 1. The zero-order chi connectivity index (χ0) is 13.3. The number of hydrogen-bond donors (Lipinski definition) is 2. The van der Waals surface area contributed by atoms with Gasteiger partial charge in [-0.3, -0.25) is 4.79 Å². The van der Waals surface area contributed by atoms with Crippen LogP contribution < -0.4 is 10.8 Å². The highest BCUT2D eigenvalue weighted by Gasteiger charge is 2.28. The summed E-state index contributed by atoms with van der Waals surface area (Å²) in [5.74, 6) is -0.273. The lowest BCUT2D eigenvalue weighted by atomic mass is 9.61. The fourth-order valence-electron chi connectivity index (χ4n) is 2.58. The second-order valence-electron chi connectivity index (χ2n) is 4.44. The smallest absolute Gasteiger partial charge is 0.324 e. The Bertz CT molecular complexity index is 529. The fourth-order valence-corrected chi connectivity index (χ4v) is 2.58. The first-order chi connectivity index (χ1) is 8.56. The maximum absolute atomic E-state index is 12.0. The van der Waals surface area contributed by atoms with E-state index in [2.05, 4.69) is 10.5 Å². The lowest BCUT2D eigenvalue weighted by molar-refractivity contribution is 0.0976. The van der Waals surface area contributed by atoms with Crippen molar-refractivity contribution in [3.8, 4) is 0 Å². The zero-order valence-corrected chi connectivity index (χ0v) is 10.7. The second kappa shape index (κ2) is 4.82. The summed E-state index contributed by atoms with van der Waals surface area (Å²) in [4.78, 5) is 12.0. The molecule has 1 heterocycles. The summed E-state index contributed by atoms with van der Waals surface area (Å²) in [5.41, 5.74) is 4.68. The van der Waals surface area contributed by atoms with Gasteiger partial charge in [0.2, 0.25) is 0 Å². The van der Waals surface area contributed by atoms with Crippen LogP contribution in [0.1, 0.15) is 27.0 Å². The van der Waals surface area contributed by atoms with Gasteiger partial charge in [0.15, 0.2) is 0 Å². The molecular formula is C12H15BN2O3. The average Bonchev–Trinajstić information content (AvgIpc) is 2.68. The number of oxime groups is 1. The normalized spacial score (nSPS) is 14.1. The van der Waals surface area contributed by atoms with E-state index in [4.69, 9.17) is 9.86 Å². The molecule has 0 atom stereocenters. The third kappa shape index (κ3) is 1.99. The van der Waals surface area contributed by atoms with Crippen molar-refractivity contribution in [2.45, 2.75) is 27.3 Å². The molecule has 18 heavy (non-hydrogen) atoms. The van der Waals surface area contributed by atoms with Crippen molar-refractivity contribution < 1.29 is 14.7 Å². The zero-order valence-electron chi connectivity index (χ0n) is 10.7. The molecule has 2 N–H and O–H groups in total. The van der Waals surface area contributed by atoms with Crippen LogP contribution in [0.5, 0.6) is 0 Å². The molecule has 0 saturated heterocycles. The molecule has 2 rings (SSSR count). The molecule has 0 spiro atoms. The van der Waals surface area contributed by atoms with Gasteiger partial charge < -0.3 is 15.2 Å². The van der Waals surface area contributed by atoms with Gasteiger partial charge in [-0.1, -0.05) is 18.0 Å². The van der Waals surface area contributed by atoms with E-state index in [1.165, 1.54) is 0 Å².